The van der Waals surface area contributed by atoms with Gasteiger partial charge in [-0.25, -0.2) is 9.79 Å². The average molecular weight is 343 g/mol. The molecular weight excluding hydrogens is 318 g/mol. The quantitative estimate of drug-likeness (QED) is 0.819. The number of carbonyl (C=O) groups is 1. The molecule has 0 atom stereocenters. The van der Waals surface area contributed by atoms with E-state index in [0.29, 0.717) is 17.9 Å². The molecule has 1 spiro atoms. The smallest absolute Gasteiger partial charge is 0.340 e. The van der Waals surface area contributed by atoms with Gasteiger partial charge in [0.1, 0.15) is 5.66 Å². The minimum absolute atomic E-state index is 0.195. The highest BCUT2D eigenvalue weighted by Gasteiger charge is 2.43. The molecule has 1 aromatic rings. The molecule has 7 heteroatoms. The monoisotopic (exact) mass is 343 g/mol. The summed E-state index contributed by atoms with van der Waals surface area (Å²) in [5.74, 6) is 0.0896. The van der Waals surface area contributed by atoms with Crippen molar-refractivity contribution in [2.24, 2.45) is 21.5 Å². The molecule has 0 radical (unpaired) electrons. The molecule has 0 amide bonds. The predicted octanol–water partition coefficient (Wildman–Crippen LogP) is 2.28. The van der Waals surface area contributed by atoms with Gasteiger partial charge in [-0.3, -0.25) is 4.90 Å². The van der Waals surface area contributed by atoms with E-state index in [1.807, 2.05) is 30.0 Å². The van der Waals surface area contributed by atoms with Gasteiger partial charge in [0.2, 0.25) is 11.9 Å². The standard InChI is InChI=1S/C18H25N5O2/c1-3-25-15(24)13-11-12(2)7-8-14(13)23-17(20)21-16(19)22-18(23)9-5-4-6-10-18/h7-8,11H,3-6,9-10H2,1-2H3,(H4,19,20,21,22). The van der Waals surface area contributed by atoms with E-state index in [9.17, 15) is 4.79 Å². The number of aliphatic imine (C=N–C) groups is 2. The van der Waals surface area contributed by atoms with Gasteiger partial charge in [0.15, 0.2) is 0 Å². The van der Waals surface area contributed by atoms with E-state index in [1.165, 1.54) is 0 Å². The number of hydrogen-bond acceptors (Lipinski definition) is 7. The Morgan fingerprint density at radius 1 is 1.28 bits per heavy atom. The lowest BCUT2D eigenvalue weighted by atomic mass is 9.87. The first-order valence-corrected chi connectivity index (χ1v) is 8.74. The predicted molar refractivity (Wildman–Crippen MR) is 98.7 cm³/mol. The highest BCUT2D eigenvalue weighted by Crippen LogP contribution is 2.40. The molecule has 0 bridgehead atoms. The number of benzene rings is 1. The number of carbonyl (C=O) groups excluding carboxylic acids is 1. The van der Waals surface area contributed by atoms with Crippen molar-refractivity contribution < 1.29 is 9.53 Å². The molecule has 0 unspecified atom stereocenters. The molecule has 1 aliphatic carbocycles. The molecule has 134 valence electrons. The fourth-order valence-electron chi connectivity index (χ4n) is 3.69. The number of hydrogen-bond donors (Lipinski definition) is 2. The van der Waals surface area contributed by atoms with Crippen molar-refractivity contribution in [1.82, 2.24) is 0 Å². The molecule has 3 rings (SSSR count). The molecule has 4 N–H and O–H groups in total. The van der Waals surface area contributed by atoms with Gasteiger partial charge in [-0.05, 0) is 51.7 Å². The Morgan fingerprint density at radius 2 is 2.00 bits per heavy atom. The lowest BCUT2D eigenvalue weighted by Crippen LogP contribution is -2.58. The zero-order valence-corrected chi connectivity index (χ0v) is 14.8. The van der Waals surface area contributed by atoms with Crippen molar-refractivity contribution >= 4 is 23.6 Å². The molecule has 1 fully saturated rings. The number of ether oxygens (including phenoxy) is 1. The third-order valence-corrected chi connectivity index (χ3v) is 4.74. The third kappa shape index (κ3) is 3.18. The summed E-state index contributed by atoms with van der Waals surface area (Å²) in [6.07, 6.45) is 4.85. The zero-order chi connectivity index (χ0) is 18.0. The van der Waals surface area contributed by atoms with Gasteiger partial charge in [0.05, 0.1) is 17.9 Å². The maximum atomic E-state index is 12.5. The van der Waals surface area contributed by atoms with Crippen molar-refractivity contribution in [2.45, 2.75) is 51.6 Å². The molecule has 1 aromatic carbocycles. The highest BCUT2D eigenvalue weighted by atomic mass is 16.5. The van der Waals surface area contributed by atoms with E-state index in [0.717, 1.165) is 37.7 Å². The van der Waals surface area contributed by atoms with Crippen LogP contribution in [0.5, 0.6) is 0 Å². The van der Waals surface area contributed by atoms with Crippen LogP contribution in [0.3, 0.4) is 0 Å². The largest absolute Gasteiger partial charge is 0.462 e. The van der Waals surface area contributed by atoms with Crippen LogP contribution in [0.15, 0.2) is 28.2 Å². The van der Waals surface area contributed by atoms with Gasteiger partial charge < -0.3 is 16.2 Å². The van der Waals surface area contributed by atoms with Gasteiger partial charge in [-0.2, -0.15) is 4.99 Å². The van der Waals surface area contributed by atoms with Crippen LogP contribution in [-0.2, 0) is 4.74 Å². The number of esters is 1. The molecule has 7 nitrogen and oxygen atoms in total. The molecule has 0 aromatic heterocycles. The number of guanidine groups is 2. The number of anilines is 1. The molecule has 0 saturated heterocycles. The molecule has 1 aliphatic heterocycles. The summed E-state index contributed by atoms with van der Waals surface area (Å²) >= 11 is 0. The summed E-state index contributed by atoms with van der Waals surface area (Å²) in [6, 6.07) is 5.65. The van der Waals surface area contributed by atoms with Gasteiger partial charge in [-0.15, -0.1) is 0 Å². The Kier molecular flexibility index (Phi) is 4.65. The van der Waals surface area contributed by atoms with Crippen LogP contribution in [-0.4, -0.2) is 30.2 Å². The first-order valence-electron chi connectivity index (χ1n) is 8.74. The second kappa shape index (κ2) is 6.74. The second-order valence-electron chi connectivity index (χ2n) is 6.56. The number of nitrogens with two attached hydrogens (primary N) is 2. The second-order valence-corrected chi connectivity index (χ2v) is 6.56. The summed E-state index contributed by atoms with van der Waals surface area (Å²) < 4.78 is 5.24. The summed E-state index contributed by atoms with van der Waals surface area (Å²) in [5.41, 5.74) is 13.7. The van der Waals surface area contributed by atoms with Crippen molar-refractivity contribution in [2.75, 3.05) is 11.5 Å². The average Bonchev–Trinajstić information content (AvgIpc) is 2.56. The van der Waals surface area contributed by atoms with E-state index in [-0.39, 0.29) is 17.9 Å². The zero-order valence-electron chi connectivity index (χ0n) is 14.8. The van der Waals surface area contributed by atoms with E-state index < -0.39 is 5.66 Å². The van der Waals surface area contributed by atoms with Crippen molar-refractivity contribution in [3.8, 4) is 0 Å². The van der Waals surface area contributed by atoms with Gasteiger partial charge in [0.25, 0.3) is 0 Å². The first kappa shape index (κ1) is 17.3. The molecule has 2 aliphatic rings. The fourth-order valence-corrected chi connectivity index (χ4v) is 3.69. The minimum atomic E-state index is -0.579. The van der Waals surface area contributed by atoms with E-state index in [1.54, 1.807) is 6.92 Å². The van der Waals surface area contributed by atoms with Crippen LogP contribution in [0.25, 0.3) is 0 Å². The molecular formula is C18H25N5O2. The Balaban J connectivity index is 2.13. The Hall–Kier alpha value is -2.57. The van der Waals surface area contributed by atoms with Gasteiger partial charge in [-0.1, -0.05) is 18.1 Å². The first-order chi connectivity index (χ1) is 12.0. The Labute approximate surface area is 147 Å². The minimum Gasteiger partial charge on any atom is -0.462 e. The Bertz CT molecular complexity index is 735. The normalized spacial score (nSPS) is 19.4. The van der Waals surface area contributed by atoms with Gasteiger partial charge in [0, 0.05) is 0 Å². The maximum Gasteiger partial charge on any atom is 0.340 e. The Morgan fingerprint density at radius 3 is 2.68 bits per heavy atom. The van der Waals surface area contributed by atoms with Crippen molar-refractivity contribution in [3.05, 3.63) is 29.3 Å². The van der Waals surface area contributed by atoms with Crippen molar-refractivity contribution in [1.29, 1.82) is 0 Å². The number of aryl methyl sites for hydroxylation is 1. The van der Waals surface area contributed by atoms with E-state index in [2.05, 4.69) is 9.98 Å². The summed E-state index contributed by atoms with van der Waals surface area (Å²) in [6.45, 7) is 4.04. The molecule has 25 heavy (non-hydrogen) atoms. The fraction of sp³-hybridized carbons (Fsp3) is 0.500. The summed E-state index contributed by atoms with van der Waals surface area (Å²) in [5, 5.41) is 0. The van der Waals surface area contributed by atoms with Crippen LogP contribution in [0.2, 0.25) is 0 Å². The van der Waals surface area contributed by atoms with Crippen molar-refractivity contribution in [3.63, 3.8) is 0 Å². The van der Waals surface area contributed by atoms with E-state index >= 15 is 0 Å². The van der Waals surface area contributed by atoms with Crippen LogP contribution in [0, 0.1) is 6.92 Å². The topological polar surface area (TPSA) is 106 Å². The highest BCUT2D eigenvalue weighted by molar-refractivity contribution is 6.09. The van der Waals surface area contributed by atoms with Crippen LogP contribution >= 0.6 is 0 Å². The summed E-state index contributed by atoms with van der Waals surface area (Å²) in [4.78, 5) is 23.2. The number of nitrogens with zero attached hydrogens (tertiary/aromatic N) is 3. The van der Waals surface area contributed by atoms with Crippen LogP contribution < -0.4 is 16.4 Å². The SMILES string of the molecule is CCOC(=O)c1cc(C)ccc1N1C(N)=NC(N)=NC12CCCCC2. The molecule has 1 heterocycles. The number of rotatable bonds is 3. The molecule has 1 saturated carbocycles. The van der Waals surface area contributed by atoms with Crippen LogP contribution in [0.1, 0.15) is 54.9 Å². The summed E-state index contributed by atoms with van der Waals surface area (Å²) in [7, 11) is 0. The lowest BCUT2D eigenvalue weighted by Gasteiger charge is -2.46. The lowest BCUT2D eigenvalue weighted by molar-refractivity contribution is 0.0527. The van der Waals surface area contributed by atoms with Gasteiger partial charge >= 0.3 is 5.97 Å². The maximum absolute atomic E-state index is 12.5. The van der Waals surface area contributed by atoms with E-state index in [4.69, 9.17) is 16.2 Å². The third-order valence-electron chi connectivity index (χ3n) is 4.74. The van der Waals surface area contributed by atoms with Crippen LogP contribution in [0.4, 0.5) is 5.69 Å².